The van der Waals surface area contributed by atoms with E-state index in [9.17, 15) is 0 Å². The van der Waals surface area contributed by atoms with Crippen LogP contribution < -0.4 is 4.74 Å². The van der Waals surface area contributed by atoms with Gasteiger partial charge in [-0.25, -0.2) is 6.57 Å². The van der Waals surface area contributed by atoms with Gasteiger partial charge in [-0.05, 0) is 26.0 Å². The van der Waals surface area contributed by atoms with E-state index in [1.54, 1.807) is 0 Å². The van der Waals surface area contributed by atoms with Crippen molar-refractivity contribution in [2.24, 2.45) is 0 Å². The zero-order valence-electron chi connectivity index (χ0n) is 7.95. The van der Waals surface area contributed by atoms with Crippen LogP contribution >= 0.6 is 0 Å². The number of benzene rings is 1. The maximum atomic E-state index is 6.79. The third-order valence-electron chi connectivity index (χ3n) is 1.58. The Bertz CT molecular complexity index is 312. The number of rotatable bonds is 3. The Morgan fingerprint density at radius 1 is 1.38 bits per heavy atom. The first-order valence-corrected chi connectivity index (χ1v) is 4.32. The standard InChI is InChI=1S/C11H13NO/c1-9(2)13-11-7-5-4-6-10(11)8-12-3/h4-7,9H,8H2,1-2H3. The average molecular weight is 175 g/mol. The summed E-state index contributed by atoms with van der Waals surface area (Å²) in [5.74, 6) is 0.827. The first-order valence-electron chi connectivity index (χ1n) is 4.32. The summed E-state index contributed by atoms with van der Waals surface area (Å²) in [6, 6.07) is 7.68. The molecule has 0 aromatic heterocycles. The first-order chi connectivity index (χ1) is 6.24. The number of para-hydroxylation sites is 1. The zero-order chi connectivity index (χ0) is 9.68. The summed E-state index contributed by atoms with van der Waals surface area (Å²) < 4.78 is 5.55. The van der Waals surface area contributed by atoms with E-state index >= 15 is 0 Å². The Kier molecular flexibility index (Phi) is 3.33. The SMILES string of the molecule is [C-]#[N+]Cc1ccccc1OC(C)C. The van der Waals surface area contributed by atoms with Crippen molar-refractivity contribution in [1.29, 1.82) is 0 Å². The van der Waals surface area contributed by atoms with Crippen molar-refractivity contribution in [1.82, 2.24) is 0 Å². The highest BCUT2D eigenvalue weighted by Crippen LogP contribution is 2.19. The lowest BCUT2D eigenvalue weighted by atomic mass is 10.2. The fourth-order valence-corrected chi connectivity index (χ4v) is 1.09. The normalized spacial score (nSPS) is 9.69. The largest absolute Gasteiger partial charge is 0.490 e. The third kappa shape index (κ3) is 2.79. The van der Waals surface area contributed by atoms with Gasteiger partial charge in [0.05, 0.1) is 11.7 Å². The quantitative estimate of drug-likeness (QED) is 0.644. The molecule has 0 saturated carbocycles. The van der Waals surface area contributed by atoms with Gasteiger partial charge < -0.3 is 9.58 Å². The molecule has 13 heavy (non-hydrogen) atoms. The molecule has 0 N–H and O–H groups in total. The third-order valence-corrected chi connectivity index (χ3v) is 1.58. The lowest BCUT2D eigenvalue weighted by Crippen LogP contribution is -2.06. The molecule has 0 unspecified atom stereocenters. The van der Waals surface area contributed by atoms with Gasteiger partial charge in [0.2, 0.25) is 6.54 Å². The summed E-state index contributed by atoms with van der Waals surface area (Å²) >= 11 is 0. The molecule has 0 bridgehead atoms. The number of hydrogen-bond acceptors (Lipinski definition) is 1. The maximum absolute atomic E-state index is 6.79. The monoisotopic (exact) mass is 175 g/mol. The van der Waals surface area contributed by atoms with Crippen molar-refractivity contribution < 1.29 is 4.74 Å². The molecule has 1 aromatic rings. The Balaban J connectivity index is 2.85. The van der Waals surface area contributed by atoms with Gasteiger partial charge in [0.25, 0.3) is 0 Å². The lowest BCUT2D eigenvalue weighted by Gasteiger charge is -2.11. The second kappa shape index (κ2) is 4.51. The number of nitrogens with zero attached hydrogens (tertiary/aromatic N) is 1. The molecule has 0 aliphatic heterocycles. The fourth-order valence-electron chi connectivity index (χ4n) is 1.09. The molecule has 0 spiro atoms. The molecule has 0 aliphatic carbocycles. The first kappa shape index (κ1) is 9.60. The molecule has 0 amide bonds. The molecule has 0 radical (unpaired) electrons. The highest BCUT2D eigenvalue weighted by atomic mass is 16.5. The Morgan fingerprint density at radius 3 is 2.69 bits per heavy atom. The second-order valence-electron chi connectivity index (χ2n) is 3.09. The van der Waals surface area contributed by atoms with Crippen LogP contribution in [0.25, 0.3) is 4.85 Å². The number of hydrogen-bond donors (Lipinski definition) is 0. The molecule has 1 aromatic carbocycles. The molecular weight excluding hydrogens is 162 g/mol. The average Bonchev–Trinajstić information content (AvgIpc) is 2.08. The van der Waals surface area contributed by atoms with Gasteiger partial charge >= 0.3 is 0 Å². The summed E-state index contributed by atoms with van der Waals surface area (Å²) in [4.78, 5) is 3.34. The predicted octanol–water partition coefficient (Wildman–Crippen LogP) is 2.89. The van der Waals surface area contributed by atoms with Crippen LogP contribution in [-0.4, -0.2) is 6.10 Å². The van der Waals surface area contributed by atoms with Gasteiger partial charge in [0.1, 0.15) is 5.75 Å². The van der Waals surface area contributed by atoms with Crippen LogP contribution in [0.15, 0.2) is 24.3 Å². The molecule has 0 saturated heterocycles. The summed E-state index contributed by atoms with van der Waals surface area (Å²) in [7, 11) is 0. The van der Waals surface area contributed by atoms with E-state index < -0.39 is 0 Å². The molecule has 0 atom stereocenters. The molecule has 0 fully saturated rings. The summed E-state index contributed by atoms with van der Waals surface area (Å²) in [5, 5.41) is 0. The van der Waals surface area contributed by atoms with Crippen molar-refractivity contribution >= 4 is 0 Å². The summed E-state index contributed by atoms with van der Waals surface area (Å²) in [6.07, 6.45) is 0.159. The van der Waals surface area contributed by atoms with Gasteiger partial charge in [-0.3, -0.25) is 0 Å². The minimum atomic E-state index is 0.159. The molecule has 2 nitrogen and oxygen atoms in total. The molecule has 0 heterocycles. The topological polar surface area (TPSA) is 13.6 Å². The Labute approximate surface area is 79.0 Å². The van der Waals surface area contributed by atoms with E-state index in [2.05, 4.69) is 4.85 Å². The Hall–Kier alpha value is -1.49. The van der Waals surface area contributed by atoms with E-state index in [4.69, 9.17) is 11.3 Å². The van der Waals surface area contributed by atoms with Crippen LogP contribution in [0.5, 0.6) is 5.75 Å². The molecular formula is C11H13NO. The lowest BCUT2D eigenvalue weighted by molar-refractivity contribution is 0.240. The van der Waals surface area contributed by atoms with Crippen LogP contribution in [0, 0.1) is 6.57 Å². The highest BCUT2D eigenvalue weighted by Gasteiger charge is 2.05. The van der Waals surface area contributed by atoms with Gasteiger partial charge in [-0.2, -0.15) is 0 Å². The smallest absolute Gasteiger partial charge is 0.243 e. The van der Waals surface area contributed by atoms with Crippen LogP contribution in [0.3, 0.4) is 0 Å². The van der Waals surface area contributed by atoms with E-state index in [0.717, 1.165) is 11.3 Å². The highest BCUT2D eigenvalue weighted by molar-refractivity contribution is 5.34. The summed E-state index contributed by atoms with van der Waals surface area (Å²) in [6.45, 7) is 11.1. The molecule has 0 aliphatic rings. The van der Waals surface area contributed by atoms with Crippen LogP contribution in [0.2, 0.25) is 0 Å². The van der Waals surface area contributed by atoms with Gasteiger partial charge in [0.15, 0.2) is 0 Å². The predicted molar refractivity (Wildman–Crippen MR) is 52.5 cm³/mol. The molecule has 68 valence electrons. The van der Waals surface area contributed by atoms with Crippen molar-refractivity contribution in [2.75, 3.05) is 0 Å². The minimum absolute atomic E-state index is 0.159. The van der Waals surface area contributed by atoms with Crippen LogP contribution in [0.1, 0.15) is 19.4 Å². The van der Waals surface area contributed by atoms with E-state index in [1.165, 1.54) is 0 Å². The van der Waals surface area contributed by atoms with E-state index in [-0.39, 0.29) is 6.10 Å². The molecule has 1 rings (SSSR count). The van der Waals surface area contributed by atoms with Crippen molar-refractivity contribution in [2.45, 2.75) is 26.5 Å². The van der Waals surface area contributed by atoms with Crippen LogP contribution in [-0.2, 0) is 6.54 Å². The molecule has 2 heteroatoms. The van der Waals surface area contributed by atoms with Crippen molar-refractivity contribution in [3.63, 3.8) is 0 Å². The van der Waals surface area contributed by atoms with Crippen molar-refractivity contribution in [3.05, 3.63) is 41.2 Å². The zero-order valence-corrected chi connectivity index (χ0v) is 7.95. The number of ether oxygens (including phenoxy) is 1. The van der Waals surface area contributed by atoms with Gasteiger partial charge in [0, 0.05) is 0 Å². The van der Waals surface area contributed by atoms with E-state index in [0.29, 0.717) is 6.54 Å². The van der Waals surface area contributed by atoms with Gasteiger partial charge in [-0.15, -0.1) is 0 Å². The second-order valence-corrected chi connectivity index (χ2v) is 3.09. The van der Waals surface area contributed by atoms with Crippen molar-refractivity contribution in [3.8, 4) is 5.75 Å². The van der Waals surface area contributed by atoms with Gasteiger partial charge in [-0.1, -0.05) is 12.1 Å². The Morgan fingerprint density at radius 2 is 2.08 bits per heavy atom. The fraction of sp³-hybridized carbons (Fsp3) is 0.364. The maximum Gasteiger partial charge on any atom is 0.243 e. The van der Waals surface area contributed by atoms with E-state index in [1.807, 2.05) is 38.1 Å². The minimum Gasteiger partial charge on any atom is -0.490 e. The van der Waals surface area contributed by atoms with Crippen LogP contribution in [0.4, 0.5) is 0 Å². The summed E-state index contributed by atoms with van der Waals surface area (Å²) in [5.41, 5.74) is 0.964.